The fourth-order valence-corrected chi connectivity index (χ4v) is 2.89. The minimum absolute atomic E-state index is 0.0129. The van der Waals surface area contributed by atoms with Gasteiger partial charge in [0.2, 0.25) is 0 Å². The Balaban J connectivity index is 1.90. The first-order chi connectivity index (χ1) is 10.1. The summed E-state index contributed by atoms with van der Waals surface area (Å²) in [7, 11) is 1.54. The van der Waals surface area contributed by atoms with Gasteiger partial charge in [0.15, 0.2) is 17.3 Å². The monoisotopic (exact) mass is 292 g/mol. The Hall–Kier alpha value is -1.55. The van der Waals surface area contributed by atoms with Crippen molar-refractivity contribution in [2.24, 2.45) is 5.92 Å². The van der Waals surface area contributed by atoms with E-state index in [1.54, 1.807) is 25.3 Å². The van der Waals surface area contributed by atoms with Gasteiger partial charge in [-0.15, -0.1) is 0 Å². The van der Waals surface area contributed by atoms with E-state index >= 15 is 0 Å². The highest BCUT2D eigenvalue weighted by molar-refractivity contribution is 5.94. The van der Waals surface area contributed by atoms with Crippen LogP contribution in [0.4, 0.5) is 0 Å². The zero-order valence-corrected chi connectivity index (χ0v) is 12.8. The van der Waals surface area contributed by atoms with Crippen molar-refractivity contribution in [3.8, 4) is 11.5 Å². The van der Waals surface area contributed by atoms with Crippen molar-refractivity contribution in [1.29, 1.82) is 0 Å². The summed E-state index contributed by atoms with van der Waals surface area (Å²) in [6, 6.07) is 5.10. The summed E-state index contributed by atoms with van der Waals surface area (Å²) in [5.74, 6) is 1.70. The molecule has 1 aliphatic rings. The predicted octanol–water partition coefficient (Wildman–Crippen LogP) is 3.22. The Morgan fingerprint density at radius 3 is 2.67 bits per heavy atom. The van der Waals surface area contributed by atoms with Crippen LogP contribution in [-0.4, -0.2) is 30.7 Å². The third-order valence-electron chi connectivity index (χ3n) is 4.08. The molecule has 21 heavy (non-hydrogen) atoms. The topological polar surface area (TPSA) is 55.8 Å². The van der Waals surface area contributed by atoms with Gasteiger partial charge in [0.25, 0.3) is 0 Å². The molecule has 1 atom stereocenters. The lowest BCUT2D eigenvalue weighted by Crippen LogP contribution is -2.20. The van der Waals surface area contributed by atoms with E-state index < -0.39 is 6.10 Å². The van der Waals surface area contributed by atoms with Gasteiger partial charge >= 0.3 is 0 Å². The number of carbonyl (C=O) groups excluding carboxylic acids is 1. The van der Waals surface area contributed by atoms with Crippen molar-refractivity contribution in [3.05, 3.63) is 23.8 Å². The molecule has 1 fully saturated rings. The molecule has 0 aliphatic heterocycles. The summed E-state index contributed by atoms with van der Waals surface area (Å²) in [6.07, 6.45) is 5.33. The maximum absolute atomic E-state index is 11.3. The van der Waals surface area contributed by atoms with Crippen LogP contribution in [0.5, 0.6) is 11.5 Å². The van der Waals surface area contributed by atoms with Crippen molar-refractivity contribution >= 4 is 5.78 Å². The van der Waals surface area contributed by atoms with Crippen LogP contribution >= 0.6 is 0 Å². The number of benzene rings is 1. The Kier molecular flexibility index (Phi) is 5.62. The highest BCUT2D eigenvalue weighted by Gasteiger charge is 2.19. The number of ketones is 1. The van der Waals surface area contributed by atoms with Crippen molar-refractivity contribution < 1.29 is 19.4 Å². The number of carbonyl (C=O) groups is 1. The van der Waals surface area contributed by atoms with E-state index in [9.17, 15) is 9.90 Å². The molecular formula is C17H24O4. The number of hydrogen-bond donors (Lipinski definition) is 1. The SMILES string of the molecule is COc1cc(C(C)=O)ccc1OCC(O)CC1CCCC1. The second kappa shape index (κ2) is 7.46. The molecule has 0 heterocycles. The predicted molar refractivity (Wildman–Crippen MR) is 81.1 cm³/mol. The highest BCUT2D eigenvalue weighted by atomic mass is 16.5. The summed E-state index contributed by atoms with van der Waals surface area (Å²) in [6.45, 7) is 1.77. The first-order valence-corrected chi connectivity index (χ1v) is 7.60. The molecule has 4 nitrogen and oxygen atoms in total. The minimum Gasteiger partial charge on any atom is -0.493 e. The number of aliphatic hydroxyl groups excluding tert-OH is 1. The fraction of sp³-hybridized carbons (Fsp3) is 0.588. The molecule has 1 aromatic carbocycles. The van der Waals surface area contributed by atoms with Gasteiger partial charge in [-0.1, -0.05) is 25.7 Å². The van der Waals surface area contributed by atoms with E-state index in [0.29, 0.717) is 23.0 Å². The number of rotatable bonds is 7. The Bertz CT molecular complexity index is 478. The van der Waals surface area contributed by atoms with Crippen LogP contribution in [-0.2, 0) is 0 Å². The van der Waals surface area contributed by atoms with Gasteiger partial charge in [0.1, 0.15) is 6.61 Å². The molecule has 1 saturated carbocycles. The maximum atomic E-state index is 11.3. The molecule has 1 aromatic rings. The second-order valence-electron chi connectivity index (χ2n) is 5.77. The van der Waals surface area contributed by atoms with Gasteiger partial charge < -0.3 is 14.6 Å². The smallest absolute Gasteiger partial charge is 0.161 e. The lowest BCUT2D eigenvalue weighted by Gasteiger charge is -2.17. The summed E-state index contributed by atoms with van der Waals surface area (Å²) in [5.41, 5.74) is 0.589. The van der Waals surface area contributed by atoms with Crippen LogP contribution in [0.25, 0.3) is 0 Å². The average Bonchev–Trinajstić information content (AvgIpc) is 2.97. The van der Waals surface area contributed by atoms with Crippen molar-refractivity contribution in [1.82, 2.24) is 0 Å². The lowest BCUT2D eigenvalue weighted by molar-refractivity contribution is 0.0841. The zero-order valence-electron chi connectivity index (χ0n) is 12.8. The Morgan fingerprint density at radius 2 is 2.05 bits per heavy atom. The van der Waals surface area contributed by atoms with E-state index in [1.807, 2.05) is 0 Å². The van der Waals surface area contributed by atoms with E-state index in [2.05, 4.69) is 0 Å². The molecule has 0 bridgehead atoms. The zero-order chi connectivity index (χ0) is 15.2. The maximum Gasteiger partial charge on any atom is 0.161 e. The van der Waals surface area contributed by atoms with Crippen LogP contribution < -0.4 is 9.47 Å². The first kappa shape index (κ1) is 15.8. The third-order valence-corrected chi connectivity index (χ3v) is 4.08. The standard InChI is InChI=1S/C17H24O4/c1-12(18)14-7-8-16(17(10-14)20-2)21-11-15(19)9-13-5-3-4-6-13/h7-8,10,13,15,19H,3-6,9,11H2,1-2H3. The molecule has 0 saturated heterocycles. The summed E-state index contributed by atoms with van der Waals surface area (Å²) >= 11 is 0. The molecule has 2 rings (SSSR count). The Labute approximate surface area is 126 Å². The lowest BCUT2D eigenvalue weighted by atomic mass is 10.0. The average molecular weight is 292 g/mol. The van der Waals surface area contributed by atoms with Gasteiger partial charge in [-0.25, -0.2) is 0 Å². The molecule has 116 valence electrons. The van der Waals surface area contributed by atoms with Crippen molar-refractivity contribution in [2.75, 3.05) is 13.7 Å². The Morgan fingerprint density at radius 1 is 1.33 bits per heavy atom. The van der Waals surface area contributed by atoms with Crippen molar-refractivity contribution in [3.63, 3.8) is 0 Å². The van der Waals surface area contributed by atoms with Crippen LogP contribution in [0, 0.1) is 5.92 Å². The van der Waals surface area contributed by atoms with Gasteiger partial charge in [0.05, 0.1) is 13.2 Å². The normalized spacial score (nSPS) is 16.7. The number of ether oxygens (including phenoxy) is 2. The van der Waals surface area contributed by atoms with Gasteiger partial charge in [-0.05, 0) is 37.5 Å². The van der Waals surface area contributed by atoms with Crippen LogP contribution in [0.3, 0.4) is 0 Å². The van der Waals surface area contributed by atoms with Crippen LogP contribution in [0.15, 0.2) is 18.2 Å². The number of methoxy groups -OCH3 is 1. The van der Waals surface area contributed by atoms with Crippen LogP contribution in [0.1, 0.15) is 49.4 Å². The van der Waals surface area contributed by atoms with E-state index in [4.69, 9.17) is 9.47 Å². The third kappa shape index (κ3) is 4.46. The van der Waals surface area contributed by atoms with E-state index in [1.165, 1.54) is 32.6 Å². The molecule has 4 heteroatoms. The van der Waals surface area contributed by atoms with Crippen LogP contribution in [0.2, 0.25) is 0 Å². The highest BCUT2D eigenvalue weighted by Crippen LogP contribution is 2.30. The quantitative estimate of drug-likeness (QED) is 0.784. The molecule has 1 aliphatic carbocycles. The largest absolute Gasteiger partial charge is 0.493 e. The fourth-order valence-electron chi connectivity index (χ4n) is 2.89. The van der Waals surface area contributed by atoms with E-state index in [-0.39, 0.29) is 12.4 Å². The minimum atomic E-state index is -0.453. The molecule has 0 aromatic heterocycles. The van der Waals surface area contributed by atoms with E-state index in [0.717, 1.165) is 6.42 Å². The van der Waals surface area contributed by atoms with Gasteiger partial charge in [-0.3, -0.25) is 4.79 Å². The number of hydrogen-bond acceptors (Lipinski definition) is 4. The molecule has 0 spiro atoms. The molecule has 1 N–H and O–H groups in total. The summed E-state index contributed by atoms with van der Waals surface area (Å²) in [5, 5.41) is 10.1. The van der Waals surface area contributed by atoms with Gasteiger partial charge in [0, 0.05) is 5.56 Å². The molecule has 1 unspecified atom stereocenters. The summed E-state index contributed by atoms with van der Waals surface area (Å²) in [4.78, 5) is 11.3. The van der Waals surface area contributed by atoms with Gasteiger partial charge in [-0.2, -0.15) is 0 Å². The first-order valence-electron chi connectivity index (χ1n) is 7.60. The molecular weight excluding hydrogens is 268 g/mol. The second-order valence-corrected chi connectivity index (χ2v) is 5.77. The molecule has 0 radical (unpaired) electrons. The summed E-state index contributed by atoms with van der Waals surface area (Å²) < 4.78 is 10.9. The van der Waals surface area contributed by atoms with Crippen molar-refractivity contribution in [2.45, 2.75) is 45.1 Å². The number of aliphatic hydroxyl groups is 1. The number of Topliss-reactive ketones (excluding diaryl/α,β-unsaturated/α-hetero) is 1. The molecule has 0 amide bonds.